The molecule has 294 valence electrons. The van der Waals surface area contributed by atoms with E-state index in [1.807, 2.05) is 0 Å². The lowest BCUT2D eigenvalue weighted by Crippen LogP contribution is -2.25. The number of hydrogen-bond acceptors (Lipinski definition) is 0. The first-order valence-electron chi connectivity index (χ1n) is 22.8. The van der Waals surface area contributed by atoms with Crippen molar-refractivity contribution in [1.29, 1.82) is 0 Å². The van der Waals surface area contributed by atoms with Gasteiger partial charge in [-0.1, -0.05) is 202 Å². The van der Waals surface area contributed by atoms with Crippen LogP contribution in [0.25, 0.3) is 39.1 Å². The van der Waals surface area contributed by atoms with Crippen molar-refractivity contribution < 1.29 is 0 Å². The van der Waals surface area contributed by atoms with E-state index in [1.165, 1.54) is 94.3 Å². The van der Waals surface area contributed by atoms with Gasteiger partial charge >= 0.3 is 0 Å². The van der Waals surface area contributed by atoms with Gasteiger partial charge in [0.1, 0.15) is 0 Å². The van der Waals surface area contributed by atoms with Crippen LogP contribution in [0.3, 0.4) is 0 Å². The van der Waals surface area contributed by atoms with Gasteiger partial charge in [-0.3, -0.25) is 0 Å². The SMILES string of the molecule is CC1(C)c2ccccc2C2=CC=C(c3ccc4c(c3)C3C=C(C5C=CC6=C(C=CC7C=CC=CC67)C5)c5ccccc5C3C=C4C3C=Cc4c(ccc5ccccc45)C3)CC21. The molecule has 0 aromatic heterocycles. The Labute approximate surface area is 360 Å². The van der Waals surface area contributed by atoms with E-state index in [1.54, 1.807) is 0 Å². The molecule has 7 unspecified atom stereocenters. The summed E-state index contributed by atoms with van der Waals surface area (Å²) in [6, 6.07) is 39.7. The van der Waals surface area contributed by atoms with Gasteiger partial charge in [-0.2, -0.15) is 0 Å². The van der Waals surface area contributed by atoms with Crippen LogP contribution in [0.1, 0.15) is 88.6 Å². The highest BCUT2D eigenvalue weighted by Gasteiger charge is 2.44. The third-order valence-corrected chi connectivity index (χ3v) is 16.1. The first-order chi connectivity index (χ1) is 30.0. The van der Waals surface area contributed by atoms with E-state index in [-0.39, 0.29) is 17.3 Å². The van der Waals surface area contributed by atoms with Crippen molar-refractivity contribution in [2.45, 2.75) is 50.4 Å². The third-order valence-electron chi connectivity index (χ3n) is 16.1. The van der Waals surface area contributed by atoms with Crippen LogP contribution in [0.5, 0.6) is 0 Å². The van der Waals surface area contributed by atoms with Crippen LogP contribution in [0.15, 0.2) is 193 Å². The number of rotatable bonds is 3. The lowest BCUT2D eigenvalue weighted by atomic mass is 9.63. The Balaban J connectivity index is 0.931. The van der Waals surface area contributed by atoms with Gasteiger partial charge in [-0.05, 0) is 125 Å². The number of fused-ring (bicyclic) bond motifs is 13. The zero-order valence-corrected chi connectivity index (χ0v) is 35.1. The van der Waals surface area contributed by atoms with E-state index < -0.39 is 0 Å². The monoisotopic (exact) mass is 782 g/mol. The van der Waals surface area contributed by atoms with Crippen LogP contribution in [0, 0.1) is 29.6 Å². The Morgan fingerprint density at radius 2 is 1.30 bits per heavy atom. The molecule has 0 aliphatic heterocycles. The van der Waals surface area contributed by atoms with Crippen molar-refractivity contribution >= 4 is 39.1 Å². The molecular weight excluding hydrogens is 733 g/mol. The molecule has 8 aliphatic rings. The number of hydrogen-bond donors (Lipinski definition) is 0. The summed E-state index contributed by atoms with van der Waals surface area (Å²) in [6.45, 7) is 4.92. The molecule has 0 nitrogen and oxygen atoms in total. The van der Waals surface area contributed by atoms with Crippen LogP contribution in [-0.4, -0.2) is 0 Å². The van der Waals surface area contributed by atoms with Crippen molar-refractivity contribution in [3.8, 4) is 0 Å². The summed E-state index contributed by atoms with van der Waals surface area (Å²) >= 11 is 0. The molecule has 0 radical (unpaired) electrons. The zero-order valence-electron chi connectivity index (χ0n) is 35.1. The van der Waals surface area contributed by atoms with E-state index in [9.17, 15) is 0 Å². The summed E-state index contributed by atoms with van der Waals surface area (Å²) in [5.74, 6) is 2.58. The molecule has 7 atom stereocenters. The van der Waals surface area contributed by atoms with E-state index in [0.717, 1.165) is 19.3 Å². The van der Waals surface area contributed by atoms with Gasteiger partial charge in [0.25, 0.3) is 0 Å². The average molecular weight is 783 g/mol. The minimum Gasteiger partial charge on any atom is -0.0767 e. The molecule has 0 saturated carbocycles. The van der Waals surface area contributed by atoms with Gasteiger partial charge in [-0.25, -0.2) is 0 Å². The Morgan fingerprint density at radius 3 is 2.21 bits per heavy atom. The summed E-state index contributed by atoms with van der Waals surface area (Å²) in [7, 11) is 0. The summed E-state index contributed by atoms with van der Waals surface area (Å²) in [5.41, 5.74) is 22.1. The molecule has 61 heavy (non-hydrogen) atoms. The molecule has 0 amide bonds. The van der Waals surface area contributed by atoms with Crippen LogP contribution in [0.4, 0.5) is 0 Å². The highest BCUT2D eigenvalue weighted by molar-refractivity contribution is 5.94. The summed E-state index contributed by atoms with van der Waals surface area (Å²) in [5, 5.41) is 2.68. The lowest BCUT2D eigenvalue weighted by Gasteiger charge is -2.40. The highest BCUT2D eigenvalue weighted by atomic mass is 14.5. The molecule has 0 N–H and O–H groups in total. The van der Waals surface area contributed by atoms with Crippen molar-refractivity contribution in [3.63, 3.8) is 0 Å². The Kier molecular flexibility index (Phi) is 7.79. The Bertz CT molecular complexity index is 3060. The molecule has 5 aromatic rings. The highest BCUT2D eigenvalue weighted by Crippen LogP contribution is 2.57. The van der Waals surface area contributed by atoms with E-state index in [0.29, 0.717) is 29.6 Å². The van der Waals surface area contributed by atoms with E-state index >= 15 is 0 Å². The van der Waals surface area contributed by atoms with Crippen LogP contribution < -0.4 is 0 Å². The molecule has 0 saturated heterocycles. The van der Waals surface area contributed by atoms with Gasteiger partial charge in [-0.15, -0.1) is 0 Å². The van der Waals surface area contributed by atoms with Crippen LogP contribution in [0.2, 0.25) is 0 Å². The molecule has 0 heteroatoms. The molecule has 13 rings (SSSR count). The fourth-order valence-electron chi connectivity index (χ4n) is 12.9. The van der Waals surface area contributed by atoms with Gasteiger partial charge in [0.2, 0.25) is 0 Å². The Morgan fingerprint density at radius 1 is 0.541 bits per heavy atom. The average Bonchev–Trinajstić information content (AvgIpc) is 3.55. The standard InChI is InChI=1S/C61H50/c1-61(2)59-18-10-9-17-52(59)53-30-24-40(34-60(53)61)39-23-29-51-55(44-26-28-48-42(32-44)22-20-38-12-4-6-14-46(38)48)35-57-50-16-8-7-15-49(50)54(36-58(57)56(51)33-39)43-25-27-47-41(31-43)21-19-37-11-3-5-13-45(37)47/h3-30,33,35-37,43-45,57-58,60H,31-32,34H2,1-2H3. The topological polar surface area (TPSA) is 0 Å². The molecular formula is C61H50. The quantitative estimate of drug-likeness (QED) is 0.171. The Hall–Kier alpha value is -6.24. The molecule has 0 bridgehead atoms. The second kappa shape index (κ2) is 13.4. The molecule has 8 aliphatic carbocycles. The smallest absolute Gasteiger partial charge is 0.0134 e. The second-order valence-electron chi connectivity index (χ2n) is 19.4. The summed E-state index contributed by atoms with van der Waals surface area (Å²) < 4.78 is 0. The summed E-state index contributed by atoms with van der Waals surface area (Å²) in [6.07, 6.45) is 37.5. The second-order valence-corrected chi connectivity index (χ2v) is 19.4. The first kappa shape index (κ1) is 35.5. The maximum Gasteiger partial charge on any atom is 0.0134 e. The van der Waals surface area contributed by atoms with Gasteiger partial charge < -0.3 is 0 Å². The van der Waals surface area contributed by atoms with Crippen molar-refractivity contribution in [1.82, 2.24) is 0 Å². The zero-order chi connectivity index (χ0) is 40.4. The largest absolute Gasteiger partial charge is 0.0767 e. The minimum atomic E-state index is 0.0953. The summed E-state index contributed by atoms with van der Waals surface area (Å²) in [4.78, 5) is 0. The fourth-order valence-corrected chi connectivity index (χ4v) is 12.9. The number of benzene rings is 5. The maximum absolute atomic E-state index is 2.71. The molecule has 0 heterocycles. The minimum absolute atomic E-state index is 0.0953. The third kappa shape index (κ3) is 5.37. The van der Waals surface area contributed by atoms with Crippen LogP contribution >= 0.6 is 0 Å². The van der Waals surface area contributed by atoms with E-state index in [2.05, 4.69) is 202 Å². The van der Waals surface area contributed by atoms with Gasteiger partial charge in [0, 0.05) is 35.5 Å². The lowest BCUT2D eigenvalue weighted by molar-refractivity contribution is 0.418. The van der Waals surface area contributed by atoms with E-state index in [4.69, 9.17) is 0 Å². The maximum atomic E-state index is 2.71. The van der Waals surface area contributed by atoms with Crippen molar-refractivity contribution in [3.05, 3.63) is 243 Å². The van der Waals surface area contributed by atoms with Gasteiger partial charge in [0.15, 0.2) is 0 Å². The van der Waals surface area contributed by atoms with Crippen LogP contribution in [-0.2, 0) is 11.8 Å². The normalized spacial score (nSPS) is 27.9. The van der Waals surface area contributed by atoms with Crippen molar-refractivity contribution in [2.75, 3.05) is 0 Å². The number of allylic oxidation sites excluding steroid dienone is 19. The first-order valence-corrected chi connectivity index (χ1v) is 22.8. The predicted octanol–water partition coefficient (Wildman–Crippen LogP) is 15.0. The fraction of sp³-hybridized carbons (Fsp3) is 0.213. The molecule has 5 aromatic carbocycles. The molecule has 0 fully saturated rings. The van der Waals surface area contributed by atoms with Crippen molar-refractivity contribution in [2.24, 2.45) is 29.6 Å². The molecule has 0 spiro atoms. The van der Waals surface area contributed by atoms with Gasteiger partial charge in [0.05, 0.1) is 0 Å². The predicted molar refractivity (Wildman–Crippen MR) is 257 cm³/mol.